The van der Waals surface area contributed by atoms with E-state index in [-0.39, 0.29) is 0 Å². The van der Waals surface area contributed by atoms with Gasteiger partial charge in [-0.3, -0.25) is 4.90 Å². The zero-order valence-electron chi connectivity index (χ0n) is 25.6. The van der Waals surface area contributed by atoms with E-state index in [1.165, 1.54) is 11.9 Å². The normalized spacial score (nSPS) is 14.2. The number of fused-ring (bicyclic) bond motifs is 1. The lowest BCUT2D eigenvalue weighted by Crippen LogP contribution is -2.35. The molecule has 0 saturated carbocycles. The number of carboxylic acid groups (broad SMARTS) is 1. The molecule has 1 saturated heterocycles. The number of benzene rings is 2. The van der Waals surface area contributed by atoms with E-state index in [0.29, 0.717) is 35.5 Å². The molecule has 0 amide bonds. The third-order valence-corrected chi connectivity index (χ3v) is 7.95. The molecule has 0 unspecified atom stereocenters. The number of H-pyrrole nitrogens is 1. The molecule has 4 aromatic rings. The second-order valence-electron chi connectivity index (χ2n) is 11.4. The van der Waals surface area contributed by atoms with Crippen LogP contribution in [0.3, 0.4) is 0 Å². The lowest BCUT2D eigenvalue weighted by molar-refractivity contribution is -0.139. The molecule has 0 spiro atoms. The molecule has 4 N–H and O–H groups in total. The lowest BCUT2D eigenvalue weighted by Gasteiger charge is -2.32. The maximum atomic E-state index is 11.3. The Kier molecular flexibility index (Phi) is 11.0. The van der Waals surface area contributed by atoms with Crippen LogP contribution in [0.2, 0.25) is 0 Å². The topological polar surface area (TPSA) is 128 Å². The molecule has 2 aromatic carbocycles. The van der Waals surface area contributed by atoms with Gasteiger partial charge >= 0.3 is 5.97 Å². The Morgan fingerprint density at radius 2 is 1.93 bits per heavy atom. The number of carbonyl (C=O) groups is 1. The van der Waals surface area contributed by atoms with Gasteiger partial charge in [-0.25, -0.2) is 14.8 Å². The van der Waals surface area contributed by atoms with Crippen molar-refractivity contribution in [1.82, 2.24) is 30.1 Å². The first kappa shape index (κ1) is 31.2. The molecule has 0 bridgehead atoms. The maximum absolute atomic E-state index is 11.3. The van der Waals surface area contributed by atoms with E-state index in [9.17, 15) is 9.90 Å². The number of carboxylic acids is 1. The Morgan fingerprint density at radius 3 is 2.70 bits per heavy atom. The number of rotatable bonds is 16. The Hall–Kier alpha value is -4.19. The largest absolute Gasteiger partial charge is 0.489 e. The average molecular weight is 602 g/mol. The molecule has 1 aliphatic heterocycles. The molecule has 234 valence electrons. The zero-order chi connectivity index (χ0) is 30.7. The fraction of sp³-hybridized carbons (Fsp3) is 0.424. The van der Waals surface area contributed by atoms with Gasteiger partial charge in [-0.2, -0.15) is 0 Å². The van der Waals surface area contributed by atoms with Crippen molar-refractivity contribution in [1.29, 1.82) is 0 Å². The second-order valence-corrected chi connectivity index (χ2v) is 11.4. The molecular formula is C33H43N7O4. The van der Waals surface area contributed by atoms with Crippen LogP contribution in [0.5, 0.6) is 11.5 Å². The van der Waals surface area contributed by atoms with Gasteiger partial charge in [0.15, 0.2) is 18.1 Å². The summed E-state index contributed by atoms with van der Waals surface area (Å²) in [5.41, 5.74) is 3.88. The summed E-state index contributed by atoms with van der Waals surface area (Å²) >= 11 is 0. The van der Waals surface area contributed by atoms with Crippen molar-refractivity contribution in [3.05, 3.63) is 72.2 Å². The molecule has 1 fully saturated rings. The number of nitrogens with zero attached hydrogens (tertiary/aromatic N) is 4. The van der Waals surface area contributed by atoms with E-state index in [1.807, 2.05) is 31.4 Å². The number of anilines is 2. The maximum Gasteiger partial charge on any atom is 0.341 e. The zero-order valence-corrected chi connectivity index (χ0v) is 25.6. The highest BCUT2D eigenvalue weighted by molar-refractivity contribution is 5.92. The van der Waals surface area contributed by atoms with Gasteiger partial charge in [0, 0.05) is 31.0 Å². The van der Waals surface area contributed by atoms with Gasteiger partial charge in [-0.05, 0) is 88.7 Å². The van der Waals surface area contributed by atoms with Crippen molar-refractivity contribution in [3.63, 3.8) is 0 Å². The van der Waals surface area contributed by atoms with Crippen molar-refractivity contribution in [2.75, 3.05) is 58.8 Å². The van der Waals surface area contributed by atoms with Crippen LogP contribution >= 0.6 is 0 Å². The van der Waals surface area contributed by atoms with E-state index in [4.69, 9.17) is 9.47 Å². The minimum absolute atomic E-state index is 0.378. The first-order valence-electron chi connectivity index (χ1n) is 15.3. The molecule has 2 aromatic heterocycles. The van der Waals surface area contributed by atoms with E-state index < -0.39 is 12.6 Å². The average Bonchev–Trinajstić information content (AvgIpc) is 3.44. The SMILES string of the molecule is CNCCCN(C)Cc1c[nH]c2ncnc(Nc3ccc(OCC4CCN(Cc5ccccc5)CC4)c(OCC(=O)O)c3)c12. The van der Waals surface area contributed by atoms with Gasteiger partial charge in [0.1, 0.15) is 17.8 Å². The molecule has 11 heteroatoms. The van der Waals surface area contributed by atoms with Crippen molar-refractivity contribution < 1.29 is 19.4 Å². The third-order valence-electron chi connectivity index (χ3n) is 7.95. The molecule has 5 rings (SSSR count). The molecule has 11 nitrogen and oxygen atoms in total. The molecule has 1 aliphatic rings. The Labute approximate surface area is 258 Å². The molecule has 3 heterocycles. The third kappa shape index (κ3) is 8.68. The van der Waals surface area contributed by atoms with Crippen LogP contribution in [0.25, 0.3) is 11.0 Å². The summed E-state index contributed by atoms with van der Waals surface area (Å²) < 4.78 is 11.9. The highest BCUT2D eigenvalue weighted by Gasteiger charge is 2.21. The molecule has 0 radical (unpaired) electrons. The number of aromatic amines is 1. The summed E-state index contributed by atoms with van der Waals surface area (Å²) in [6.07, 6.45) is 6.64. The molecule has 0 aliphatic carbocycles. The van der Waals surface area contributed by atoms with E-state index in [1.54, 1.807) is 6.07 Å². The Bertz CT molecular complexity index is 1490. The first-order chi connectivity index (χ1) is 21.5. The minimum Gasteiger partial charge on any atom is -0.489 e. The minimum atomic E-state index is -1.05. The Morgan fingerprint density at radius 1 is 1.11 bits per heavy atom. The van der Waals surface area contributed by atoms with Crippen LogP contribution < -0.4 is 20.1 Å². The van der Waals surface area contributed by atoms with Gasteiger partial charge < -0.3 is 35.1 Å². The Balaban J connectivity index is 1.24. The molecule has 0 atom stereocenters. The summed E-state index contributed by atoms with van der Waals surface area (Å²) in [7, 11) is 4.06. The standard InChI is InChI=1S/C33H43N7O4/c1-34-13-6-14-39(2)20-26-18-35-32-31(26)33(37-23-36-32)38-27-9-10-28(29(17-27)44-22-30(41)42)43-21-25-11-15-40(16-12-25)19-24-7-4-3-5-8-24/h3-5,7-10,17-18,23,25,34H,6,11-16,19-22H2,1-2H3,(H,41,42)(H2,35,36,37,38). The van der Waals surface area contributed by atoms with E-state index in [0.717, 1.165) is 75.1 Å². The molecule has 44 heavy (non-hydrogen) atoms. The summed E-state index contributed by atoms with van der Waals surface area (Å²) in [6, 6.07) is 16.0. The van der Waals surface area contributed by atoms with Crippen molar-refractivity contribution in [2.45, 2.75) is 32.4 Å². The first-order valence-corrected chi connectivity index (χ1v) is 15.3. The summed E-state index contributed by atoms with van der Waals surface area (Å²) in [4.78, 5) is 28.3. The number of hydrogen-bond acceptors (Lipinski definition) is 9. The van der Waals surface area contributed by atoms with Gasteiger partial charge in [0.05, 0.1) is 12.0 Å². The highest BCUT2D eigenvalue weighted by Crippen LogP contribution is 2.34. The number of likely N-dealkylation sites (tertiary alicyclic amines) is 1. The number of aromatic nitrogens is 3. The fourth-order valence-corrected chi connectivity index (χ4v) is 5.60. The number of nitrogens with one attached hydrogen (secondary N) is 3. The summed E-state index contributed by atoms with van der Waals surface area (Å²) in [6.45, 7) is 5.77. The predicted octanol–water partition coefficient (Wildman–Crippen LogP) is 4.50. The van der Waals surface area contributed by atoms with Crippen molar-refractivity contribution in [2.24, 2.45) is 5.92 Å². The quantitative estimate of drug-likeness (QED) is 0.136. The number of hydrogen-bond donors (Lipinski definition) is 4. The summed E-state index contributed by atoms with van der Waals surface area (Å²) in [5.74, 6) is 0.942. The summed E-state index contributed by atoms with van der Waals surface area (Å²) in [5, 5.41) is 16.8. The number of piperidine rings is 1. The van der Waals surface area contributed by atoms with E-state index in [2.05, 4.69) is 66.7 Å². The van der Waals surface area contributed by atoms with Crippen LogP contribution in [-0.4, -0.2) is 89.3 Å². The van der Waals surface area contributed by atoms with Crippen LogP contribution in [0.1, 0.15) is 30.4 Å². The molecular weight excluding hydrogens is 558 g/mol. The second kappa shape index (κ2) is 15.5. The number of ether oxygens (including phenoxy) is 2. The van der Waals surface area contributed by atoms with E-state index >= 15 is 0 Å². The van der Waals surface area contributed by atoms with Gasteiger partial charge in [-0.15, -0.1) is 0 Å². The number of aliphatic carboxylic acids is 1. The van der Waals surface area contributed by atoms with Crippen LogP contribution in [-0.2, 0) is 17.9 Å². The fourth-order valence-electron chi connectivity index (χ4n) is 5.60. The van der Waals surface area contributed by atoms with Gasteiger partial charge in [-0.1, -0.05) is 30.3 Å². The lowest BCUT2D eigenvalue weighted by atomic mass is 9.97. The highest BCUT2D eigenvalue weighted by atomic mass is 16.5. The van der Waals surface area contributed by atoms with Crippen molar-refractivity contribution >= 4 is 28.5 Å². The van der Waals surface area contributed by atoms with Gasteiger partial charge in [0.2, 0.25) is 0 Å². The smallest absolute Gasteiger partial charge is 0.341 e. The van der Waals surface area contributed by atoms with Crippen LogP contribution in [0, 0.1) is 5.92 Å². The monoisotopic (exact) mass is 601 g/mol. The van der Waals surface area contributed by atoms with Crippen LogP contribution in [0.15, 0.2) is 61.1 Å². The van der Waals surface area contributed by atoms with Crippen LogP contribution in [0.4, 0.5) is 11.5 Å². The van der Waals surface area contributed by atoms with Gasteiger partial charge in [0.25, 0.3) is 0 Å². The van der Waals surface area contributed by atoms with Crippen molar-refractivity contribution in [3.8, 4) is 11.5 Å². The predicted molar refractivity (Wildman–Crippen MR) is 172 cm³/mol.